The molecule has 0 saturated heterocycles. The summed E-state index contributed by atoms with van der Waals surface area (Å²) in [5.41, 5.74) is 3.53. The van der Waals surface area contributed by atoms with E-state index in [0.717, 1.165) is 28.1 Å². The molecule has 3 aromatic rings. The topological polar surface area (TPSA) is 59.4 Å². The van der Waals surface area contributed by atoms with E-state index in [2.05, 4.69) is 4.98 Å². The van der Waals surface area contributed by atoms with Crippen molar-refractivity contribution in [1.29, 1.82) is 0 Å². The molecular weight excluding hydrogens is 333 g/mol. The molecule has 1 heterocycles. The highest BCUT2D eigenvalue weighted by atomic mass is 19.1. The fourth-order valence-corrected chi connectivity index (χ4v) is 2.95. The largest absolute Gasteiger partial charge is 0.497 e. The van der Waals surface area contributed by atoms with Gasteiger partial charge in [0.2, 0.25) is 0 Å². The summed E-state index contributed by atoms with van der Waals surface area (Å²) in [4.78, 5) is 15.8. The third-order valence-electron chi connectivity index (χ3n) is 4.21. The summed E-state index contributed by atoms with van der Waals surface area (Å²) >= 11 is 0. The third-order valence-corrected chi connectivity index (χ3v) is 4.21. The number of halogens is 1. The summed E-state index contributed by atoms with van der Waals surface area (Å²) in [5, 5.41) is 9.27. The van der Waals surface area contributed by atoms with Crippen molar-refractivity contribution >= 4 is 5.97 Å². The number of hydrogen-bond acceptors (Lipinski definition) is 3. The lowest BCUT2D eigenvalue weighted by Crippen LogP contribution is -2.06. The lowest BCUT2D eigenvalue weighted by Gasteiger charge is -2.11. The number of hydrogen-bond donors (Lipinski definition) is 1. The second kappa shape index (κ2) is 7.35. The fraction of sp³-hybridized carbons (Fsp3) is 0.143. The first-order valence-corrected chi connectivity index (χ1v) is 8.10. The minimum absolute atomic E-state index is 0.0282. The van der Waals surface area contributed by atoms with Gasteiger partial charge < -0.3 is 9.84 Å². The summed E-state index contributed by atoms with van der Waals surface area (Å²) in [7, 11) is 1.61. The third kappa shape index (κ3) is 3.57. The van der Waals surface area contributed by atoms with Crippen LogP contribution in [-0.4, -0.2) is 23.2 Å². The van der Waals surface area contributed by atoms with Crippen LogP contribution < -0.4 is 4.74 Å². The number of benzene rings is 2. The Morgan fingerprint density at radius 1 is 1.19 bits per heavy atom. The summed E-state index contributed by atoms with van der Waals surface area (Å²) < 4.78 is 19.4. The maximum atomic E-state index is 14.1. The van der Waals surface area contributed by atoms with Gasteiger partial charge in [-0.3, -0.25) is 4.98 Å². The van der Waals surface area contributed by atoms with Crippen molar-refractivity contribution in [2.75, 3.05) is 7.11 Å². The van der Waals surface area contributed by atoms with E-state index in [1.54, 1.807) is 13.3 Å². The van der Waals surface area contributed by atoms with Gasteiger partial charge in [-0.1, -0.05) is 24.3 Å². The first-order chi connectivity index (χ1) is 12.5. The number of carboxylic acids is 1. The molecule has 3 rings (SSSR count). The van der Waals surface area contributed by atoms with Crippen molar-refractivity contribution in [3.05, 3.63) is 82.8 Å². The molecule has 0 radical (unpaired) electrons. The van der Waals surface area contributed by atoms with Crippen molar-refractivity contribution in [3.63, 3.8) is 0 Å². The molecule has 0 aliphatic heterocycles. The van der Waals surface area contributed by atoms with Crippen LogP contribution in [0.4, 0.5) is 4.39 Å². The number of ether oxygens (including phenoxy) is 1. The molecule has 0 bridgehead atoms. The Morgan fingerprint density at radius 3 is 2.65 bits per heavy atom. The van der Waals surface area contributed by atoms with Gasteiger partial charge in [0, 0.05) is 23.7 Å². The summed E-state index contributed by atoms with van der Waals surface area (Å²) in [5.74, 6) is -0.929. The second-order valence-electron chi connectivity index (χ2n) is 5.99. The molecular formula is C21H18FNO3. The molecule has 0 aliphatic rings. The number of aryl methyl sites for hydroxylation is 1. The van der Waals surface area contributed by atoms with Gasteiger partial charge in [0.05, 0.1) is 18.4 Å². The average molecular weight is 351 g/mol. The smallest absolute Gasteiger partial charge is 0.336 e. The molecule has 0 unspecified atom stereocenters. The van der Waals surface area contributed by atoms with Crippen molar-refractivity contribution in [3.8, 4) is 17.0 Å². The first kappa shape index (κ1) is 17.6. The van der Waals surface area contributed by atoms with Gasteiger partial charge in [-0.25, -0.2) is 9.18 Å². The fourth-order valence-electron chi connectivity index (χ4n) is 2.95. The van der Waals surface area contributed by atoms with E-state index in [4.69, 9.17) is 4.74 Å². The van der Waals surface area contributed by atoms with Crippen molar-refractivity contribution < 1.29 is 19.0 Å². The van der Waals surface area contributed by atoms with Crippen LogP contribution in [0.3, 0.4) is 0 Å². The molecule has 0 fully saturated rings. The molecule has 4 nitrogen and oxygen atoms in total. The van der Waals surface area contributed by atoms with E-state index >= 15 is 0 Å². The Kier molecular flexibility index (Phi) is 4.98. The number of nitrogens with zero attached hydrogens (tertiary/aromatic N) is 1. The predicted octanol–water partition coefficient (Wildman–Crippen LogP) is 4.49. The Balaban J connectivity index is 1.95. The average Bonchev–Trinajstić information content (AvgIpc) is 2.63. The molecule has 26 heavy (non-hydrogen) atoms. The second-order valence-corrected chi connectivity index (χ2v) is 5.99. The van der Waals surface area contributed by atoms with Crippen LogP contribution in [0, 0.1) is 12.7 Å². The summed E-state index contributed by atoms with van der Waals surface area (Å²) in [6, 6.07) is 13.6. The quantitative estimate of drug-likeness (QED) is 0.735. The van der Waals surface area contributed by atoms with Crippen LogP contribution in [0.2, 0.25) is 0 Å². The summed E-state index contributed by atoms with van der Waals surface area (Å²) in [6.45, 7) is 1.92. The van der Waals surface area contributed by atoms with Crippen LogP contribution in [0.25, 0.3) is 11.3 Å². The SMILES string of the molecule is COc1cccc(-c2ncc(Cc3c(F)cccc3C(=O)O)cc2C)c1. The zero-order chi connectivity index (χ0) is 18.7. The highest BCUT2D eigenvalue weighted by Crippen LogP contribution is 2.26. The minimum atomic E-state index is -1.14. The molecule has 0 spiro atoms. The van der Waals surface area contributed by atoms with Gasteiger partial charge in [-0.2, -0.15) is 0 Å². The molecule has 1 aromatic heterocycles. The lowest BCUT2D eigenvalue weighted by molar-refractivity contribution is 0.0695. The zero-order valence-corrected chi connectivity index (χ0v) is 14.5. The molecule has 2 aromatic carbocycles. The van der Waals surface area contributed by atoms with E-state index in [1.165, 1.54) is 18.2 Å². The van der Waals surface area contributed by atoms with Crippen LogP contribution in [0.1, 0.15) is 27.0 Å². The first-order valence-electron chi connectivity index (χ1n) is 8.10. The minimum Gasteiger partial charge on any atom is -0.497 e. The highest BCUT2D eigenvalue weighted by molar-refractivity contribution is 5.89. The molecule has 0 amide bonds. The normalized spacial score (nSPS) is 10.6. The Hall–Kier alpha value is -3.21. The van der Waals surface area contributed by atoms with Gasteiger partial charge in [0.15, 0.2) is 0 Å². The maximum Gasteiger partial charge on any atom is 0.336 e. The number of methoxy groups -OCH3 is 1. The van der Waals surface area contributed by atoms with Gasteiger partial charge in [0.25, 0.3) is 0 Å². The number of aromatic carboxylic acids is 1. The van der Waals surface area contributed by atoms with Crippen molar-refractivity contribution in [2.24, 2.45) is 0 Å². The predicted molar refractivity (Wildman–Crippen MR) is 97.1 cm³/mol. The maximum absolute atomic E-state index is 14.1. The van der Waals surface area contributed by atoms with Gasteiger partial charge >= 0.3 is 5.97 Å². The molecule has 5 heteroatoms. The monoisotopic (exact) mass is 351 g/mol. The van der Waals surface area contributed by atoms with Gasteiger partial charge in [0.1, 0.15) is 11.6 Å². The number of aromatic nitrogens is 1. The number of carboxylic acid groups (broad SMARTS) is 1. The van der Waals surface area contributed by atoms with E-state index in [0.29, 0.717) is 0 Å². The molecule has 0 saturated carbocycles. The van der Waals surface area contributed by atoms with Crippen LogP contribution in [0.5, 0.6) is 5.75 Å². The summed E-state index contributed by atoms with van der Waals surface area (Å²) in [6.07, 6.45) is 1.82. The standard InChI is InChI=1S/C21H18FNO3/c1-13-9-14(10-18-17(21(24)25)7-4-8-19(18)22)12-23-20(13)15-5-3-6-16(11-15)26-2/h3-9,11-12H,10H2,1-2H3,(H,24,25). The Labute approximate surface area is 150 Å². The number of carbonyl (C=O) groups is 1. The van der Waals surface area contributed by atoms with Gasteiger partial charge in [-0.05, 0) is 42.3 Å². The van der Waals surface area contributed by atoms with E-state index in [9.17, 15) is 14.3 Å². The van der Waals surface area contributed by atoms with E-state index < -0.39 is 11.8 Å². The molecule has 0 atom stereocenters. The Bertz CT molecular complexity index is 969. The molecule has 1 N–H and O–H groups in total. The van der Waals surface area contributed by atoms with E-state index in [-0.39, 0.29) is 17.5 Å². The van der Waals surface area contributed by atoms with Crippen LogP contribution >= 0.6 is 0 Å². The molecule has 0 aliphatic carbocycles. The lowest BCUT2D eigenvalue weighted by atomic mass is 9.98. The number of pyridine rings is 1. The van der Waals surface area contributed by atoms with Crippen LogP contribution in [-0.2, 0) is 6.42 Å². The van der Waals surface area contributed by atoms with Crippen molar-refractivity contribution in [2.45, 2.75) is 13.3 Å². The van der Waals surface area contributed by atoms with Crippen LogP contribution in [0.15, 0.2) is 54.7 Å². The highest BCUT2D eigenvalue weighted by Gasteiger charge is 2.15. The molecule has 132 valence electrons. The van der Waals surface area contributed by atoms with Crippen molar-refractivity contribution in [1.82, 2.24) is 4.98 Å². The van der Waals surface area contributed by atoms with E-state index in [1.807, 2.05) is 37.3 Å². The zero-order valence-electron chi connectivity index (χ0n) is 14.5. The Morgan fingerprint density at radius 2 is 1.96 bits per heavy atom. The van der Waals surface area contributed by atoms with Gasteiger partial charge in [-0.15, -0.1) is 0 Å². The number of rotatable bonds is 5.